The summed E-state index contributed by atoms with van der Waals surface area (Å²) in [6.07, 6.45) is 0. The number of aromatic nitrogens is 1. The van der Waals surface area contributed by atoms with Crippen LogP contribution in [0.5, 0.6) is 0 Å². The first-order valence-electron chi connectivity index (χ1n) is 8.08. The molecular weight excluding hydrogens is 377 g/mol. The van der Waals surface area contributed by atoms with Crippen LogP contribution in [0.3, 0.4) is 0 Å². The van der Waals surface area contributed by atoms with E-state index in [9.17, 15) is 9.59 Å². The van der Waals surface area contributed by atoms with E-state index in [1.165, 1.54) is 18.2 Å². The van der Waals surface area contributed by atoms with Gasteiger partial charge in [-0.1, -0.05) is 23.2 Å². The molecule has 0 saturated heterocycles. The molecule has 2 aromatic rings. The van der Waals surface area contributed by atoms with Crippen molar-refractivity contribution in [1.82, 2.24) is 4.57 Å². The van der Waals surface area contributed by atoms with Crippen LogP contribution in [0.25, 0.3) is 0 Å². The van der Waals surface area contributed by atoms with Gasteiger partial charge in [0.2, 0.25) is 5.78 Å². The highest BCUT2D eigenvalue weighted by Gasteiger charge is 2.20. The van der Waals surface area contributed by atoms with Gasteiger partial charge in [0.1, 0.15) is 0 Å². The molecule has 2 rings (SSSR count). The van der Waals surface area contributed by atoms with Gasteiger partial charge in [-0.15, -0.1) is 0 Å². The van der Waals surface area contributed by atoms with E-state index in [0.717, 1.165) is 11.4 Å². The third kappa shape index (κ3) is 4.67. The van der Waals surface area contributed by atoms with Gasteiger partial charge in [0.15, 0.2) is 6.61 Å². The van der Waals surface area contributed by atoms with Crippen molar-refractivity contribution in [2.24, 2.45) is 0 Å². The summed E-state index contributed by atoms with van der Waals surface area (Å²) in [5.41, 5.74) is 2.50. The molecular formula is C19H21Cl2NO4. The number of carbonyl (C=O) groups is 2. The van der Waals surface area contributed by atoms with Crippen LogP contribution in [0.4, 0.5) is 0 Å². The molecule has 26 heavy (non-hydrogen) atoms. The van der Waals surface area contributed by atoms with Crippen LogP contribution >= 0.6 is 23.2 Å². The van der Waals surface area contributed by atoms with Crippen LogP contribution in [-0.2, 0) is 9.47 Å². The van der Waals surface area contributed by atoms with Crippen molar-refractivity contribution in [3.63, 3.8) is 0 Å². The summed E-state index contributed by atoms with van der Waals surface area (Å²) >= 11 is 11.8. The molecule has 0 amide bonds. The zero-order valence-electron chi connectivity index (χ0n) is 15.1. The number of ketones is 1. The van der Waals surface area contributed by atoms with E-state index >= 15 is 0 Å². The van der Waals surface area contributed by atoms with E-state index in [0.29, 0.717) is 22.2 Å². The normalized spacial score (nSPS) is 12.1. The zero-order valence-corrected chi connectivity index (χ0v) is 16.6. The van der Waals surface area contributed by atoms with Gasteiger partial charge in [-0.2, -0.15) is 0 Å². The van der Waals surface area contributed by atoms with Gasteiger partial charge in [-0.3, -0.25) is 4.79 Å². The van der Waals surface area contributed by atoms with Crippen molar-refractivity contribution < 1.29 is 19.1 Å². The number of rotatable bonds is 7. The van der Waals surface area contributed by atoms with E-state index in [4.69, 9.17) is 32.7 Å². The average Bonchev–Trinajstić information content (AvgIpc) is 2.86. The second-order valence-electron chi connectivity index (χ2n) is 6.12. The maximum Gasteiger partial charge on any atom is 0.338 e. The van der Waals surface area contributed by atoms with Crippen molar-refractivity contribution in [3.05, 3.63) is 56.8 Å². The van der Waals surface area contributed by atoms with Gasteiger partial charge in [0, 0.05) is 34.1 Å². The predicted molar refractivity (Wildman–Crippen MR) is 102 cm³/mol. The van der Waals surface area contributed by atoms with Gasteiger partial charge in [-0.25, -0.2) is 4.79 Å². The number of benzene rings is 1. The van der Waals surface area contributed by atoms with Crippen LogP contribution in [0.2, 0.25) is 10.0 Å². The summed E-state index contributed by atoms with van der Waals surface area (Å²) in [4.78, 5) is 24.6. The molecule has 140 valence electrons. The first-order chi connectivity index (χ1) is 12.2. The molecule has 0 aliphatic rings. The summed E-state index contributed by atoms with van der Waals surface area (Å²) in [5.74, 6) is -0.917. The van der Waals surface area contributed by atoms with Gasteiger partial charge in [0.05, 0.1) is 18.2 Å². The highest BCUT2D eigenvalue weighted by molar-refractivity contribution is 6.35. The monoisotopic (exact) mass is 397 g/mol. The van der Waals surface area contributed by atoms with Crippen molar-refractivity contribution in [3.8, 4) is 0 Å². The fourth-order valence-electron chi connectivity index (χ4n) is 3.02. The van der Waals surface area contributed by atoms with E-state index < -0.39 is 5.97 Å². The number of hydrogen-bond donors (Lipinski definition) is 0. The molecule has 0 bridgehead atoms. The quantitative estimate of drug-likeness (QED) is 0.503. The molecule has 0 radical (unpaired) electrons. The zero-order chi connectivity index (χ0) is 19.4. The SMILES string of the molecule is COC[C@@H](C)n1c(C)cc(C(=O)COC(=O)c2cc(Cl)cc(Cl)c2)c1C. The van der Waals surface area contributed by atoms with E-state index in [-0.39, 0.29) is 24.0 Å². The summed E-state index contributed by atoms with van der Waals surface area (Å²) in [6, 6.07) is 6.30. The largest absolute Gasteiger partial charge is 0.454 e. The second kappa shape index (κ2) is 8.71. The highest BCUT2D eigenvalue weighted by atomic mass is 35.5. The Bertz CT molecular complexity index is 809. The molecule has 0 N–H and O–H groups in total. The third-order valence-electron chi connectivity index (χ3n) is 4.07. The molecule has 1 heterocycles. The Balaban J connectivity index is 2.11. The number of carbonyl (C=O) groups excluding carboxylic acids is 2. The lowest BCUT2D eigenvalue weighted by atomic mass is 10.1. The molecule has 5 nitrogen and oxygen atoms in total. The number of Topliss-reactive ketones (excluding diaryl/α,β-unsaturated/α-hetero) is 1. The van der Waals surface area contributed by atoms with Crippen LogP contribution in [0.1, 0.15) is 45.1 Å². The number of aryl methyl sites for hydroxylation is 1. The van der Waals surface area contributed by atoms with Gasteiger partial charge in [-0.05, 0) is 45.0 Å². The minimum absolute atomic E-state index is 0.0951. The number of nitrogens with zero attached hydrogens (tertiary/aromatic N) is 1. The average molecular weight is 398 g/mol. The van der Waals surface area contributed by atoms with Crippen LogP contribution in [0, 0.1) is 13.8 Å². The Labute approximate surface area is 162 Å². The molecule has 7 heteroatoms. The number of hydrogen-bond acceptors (Lipinski definition) is 4. The molecule has 1 aromatic heterocycles. The minimum atomic E-state index is -0.649. The summed E-state index contributed by atoms with van der Waals surface area (Å²) in [6.45, 7) is 5.99. The number of ether oxygens (including phenoxy) is 2. The first-order valence-corrected chi connectivity index (χ1v) is 8.84. The number of methoxy groups -OCH3 is 1. The predicted octanol–water partition coefficient (Wildman–Crippen LogP) is 4.66. The third-order valence-corrected chi connectivity index (χ3v) is 4.50. The summed E-state index contributed by atoms with van der Waals surface area (Å²) in [7, 11) is 1.64. The second-order valence-corrected chi connectivity index (χ2v) is 6.99. The fraction of sp³-hybridized carbons (Fsp3) is 0.368. The van der Waals surface area contributed by atoms with Crippen molar-refractivity contribution >= 4 is 35.0 Å². The fourth-order valence-corrected chi connectivity index (χ4v) is 3.54. The minimum Gasteiger partial charge on any atom is -0.454 e. The molecule has 0 saturated carbocycles. The van der Waals surface area contributed by atoms with Crippen molar-refractivity contribution in [1.29, 1.82) is 0 Å². The molecule has 1 aromatic carbocycles. The maximum absolute atomic E-state index is 12.5. The van der Waals surface area contributed by atoms with Crippen LogP contribution in [-0.4, -0.2) is 36.6 Å². The van der Waals surface area contributed by atoms with Crippen molar-refractivity contribution in [2.45, 2.75) is 26.8 Å². The number of esters is 1. The van der Waals surface area contributed by atoms with Gasteiger partial charge >= 0.3 is 5.97 Å². The Kier molecular flexibility index (Phi) is 6.87. The molecule has 0 unspecified atom stereocenters. The Morgan fingerprint density at radius 1 is 1.12 bits per heavy atom. The highest BCUT2D eigenvalue weighted by Crippen LogP contribution is 2.22. The summed E-state index contributed by atoms with van der Waals surface area (Å²) in [5, 5.41) is 0.651. The molecule has 0 fully saturated rings. The van der Waals surface area contributed by atoms with E-state index in [1.807, 2.05) is 25.3 Å². The molecule has 1 atom stereocenters. The first kappa shape index (κ1) is 20.5. The van der Waals surface area contributed by atoms with Crippen LogP contribution in [0.15, 0.2) is 24.3 Å². The Morgan fingerprint density at radius 3 is 2.31 bits per heavy atom. The topological polar surface area (TPSA) is 57.5 Å². The lowest BCUT2D eigenvalue weighted by Gasteiger charge is -2.17. The van der Waals surface area contributed by atoms with Crippen LogP contribution < -0.4 is 0 Å². The maximum atomic E-state index is 12.5. The standard InChI is InChI=1S/C19H21Cl2NO4/c1-11-5-17(13(3)22(11)12(2)9-25-4)18(23)10-26-19(24)14-6-15(20)8-16(21)7-14/h5-8,12H,9-10H2,1-4H3/t12-/m1/s1. The number of halogens is 2. The lowest BCUT2D eigenvalue weighted by molar-refractivity contribution is 0.0474. The molecule has 0 aliphatic carbocycles. The Morgan fingerprint density at radius 2 is 1.73 bits per heavy atom. The van der Waals surface area contributed by atoms with Gasteiger partial charge in [0.25, 0.3) is 0 Å². The smallest absolute Gasteiger partial charge is 0.338 e. The molecule has 0 spiro atoms. The Hall–Kier alpha value is -1.82. The van der Waals surface area contributed by atoms with Crippen molar-refractivity contribution in [2.75, 3.05) is 20.3 Å². The lowest BCUT2D eigenvalue weighted by Crippen LogP contribution is -2.17. The van der Waals surface area contributed by atoms with E-state index in [2.05, 4.69) is 0 Å². The van der Waals surface area contributed by atoms with E-state index in [1.54, 1.807) is 13.2 Å². The molecule has 0 aliphatic heterocycles. The van der Waals surface area contributed by atoms with Gasteiger partial charge < -0.3 is 14.0 Å². The summed E-state index contributed by atoms with van der Waals surface area (Å²) < 4.78 is 12.4.